The van der Waals surface area contributed by atoms with Gasteiger partial charge in [0, 0.05) is 26.3 Å². The molecule has 0 bridgehead atoms. The molecule has 10 heteroatoms. The minimum atomic E-state index is -3.68. The van der Waals surface area contributed by atoms with Crippen LogP contribution in [-0.4, -0.2) is 55.3 Å². The normalized spacial score (nSPS) is 17.0. The molecule has 1 aromatic rings. The van der Waals surface area contributed by atoms with Crippen LogP contribution in [0.1, 0.15) is 29.8 Å². The first-order chi connectivity index (χ1) is 11.2. The summed E-state index contributed by atoms with van der Waals surface area (Å²) in [5.74, 6) is -3.98. The Morgan fingerprint density at radius 1 is 1.33 bits per heavy atom. The van der Waals surface area contributed by atoms with Gasteiger partial charge in [0.2, 0.25) is 10.0 Å². The highest BCUT2D eigenvalue weighted by atomic mass is 32.2. The first kappa shape index (κ1) is 18.8. The maximum absolute atomic E-state index is 13.1. The number of sulfonamides is 1. The number of nitrogens with zero attached hydrogens (tertiary/aromatic N) is 2. The van der Waals surface area contributed by atoms with E-state index in [0.29, 0.717) is 13.1 Å². The molecule has 1 aliphatic rings. The minimum Gasteiger partial charge on any atom is -0.345 e. The molecule has 0 aliphatic carbocycles. The maximum atomic E-state index is 13.1. The van der Waals surface area contributed by atoms with Gasteiger partial charge in [-0.25, -0.2) is 17.2 Å². The van der Waals surface area contributed by atoms with E-state index in [2.05, 4.69) is 5.32 Å². The number of hydrogen-bond donors (Lipinski definition) is 2. The molecule has 1 amide bonds. The topological polar surface area (TPSA) is 97.4 Å². The van der Waals surface area contributed by atoms with Crippen molar-refractivity contribution in [3.8, 4) is 0 Å². The number of rotatable bonds is 6. The summed E-state index contributed by atoms with van der Waals surface area (Å²) < 4.78 is 54.1. The second-order valence-electron chi connectivity index (χ2n) is 5.88. The summed E-state index contributed by atoms with van der Waals surface area (Å²) in [5.41, 5.74) is 4.91. The standard InChI is InChI=1S/C14H22F2N4O3S/c1-19-8-11(24(22,23)20-5-3-2-4-6-20)7-12(19)13(21)18-10-14(15,16)9-17/h7-8H,2-6,9-10,17H2,1H3,(H,18,21). The molecule has 24 heavy (non-hydrogen) atoms. The molecule has 1 aromatic heterocycles. The molecule has 2 heterocycles. The number of piperidine rings is 1. The predicted octanol–water partition coefficient (Wildman–Crippen LogP) is 0.524. The lowest BCUT2D eigenvalue weighted by Crippen LogP contribution is -2.41. The number of carbonyl (C=O) groups is 1. The van der Waals surface area contributed by atoms with E-state index >= 15 is 0 Å². The van der Waals surface area contributed by atoms with Gasteiger partial charge in [0.15, 0.2) is 0 Å². The SMILES string of the molecule is Cn1cc(S(=O)(=O)N2CCCCC2)cc1C(=O)NCC(F)(F)CN. The zero-order valence-electron chi connectivity index (χ0n) is 13.5. The first-order valence-corrected chi connectivity index (χ1v) is 9.14. The van der Waals surface area contributed by atoms with E-state index in [0.717, 1.165) is 19.3 Å². The summed E-state index contributed by atoms with van der Waals surface area (Å²) in [5, 5.41) is 2.08. The number of carbonyl (C=O) groups excluding carboxylic acids is 1. The van der Waals surface area contributed by atoms with Crippen molar-refractivity contribution in [3.63, 3.8) is 0 Å². The fraction of sp³-hybridized carbons (Fsp3) is 0.643. The summed E-state index contributed by atoms with van der Waals surface area (Å²) in [4.78, 5) is 12.0. The lowest BCUT2D eigenvalue weighted by atomic mass is 10.2. The molecule has 0 aromatic carbocycles. The lowest BCUT2D eigenvalue weighted by Gasteiger charge is -2.25. The second kappa shape index (κ2) is 7.16. The molecule has 7 nitrogen and oxygen atoms in total. The molecule has 0 spiro atoms. The molecular weight excluding hydrogens is 342 g/mol. The van der Waals surface area contributed by atoms with Crippen LogP contribution in [-0.2, 0) is 17.1 Å². The summed E-state index contributed by atoms with van der Waals surface area (Å²) in [6, 6.07) is 1.21. The fourth-order valence-corrected chi connectivity index (χ4v) is 4.12. The van der Waals surface area contributed by atoms with Gasteiger partial charge in [-0.05, 0) is 18.9 Å². The minimum absolute atomic E-state index is 0.00148. The summed E-state index contributed by atoms with van der Waals surface area (Å²) >= 11 is 0. The van der Waals surface area contributed by atoms with Gasteiger partial charge in [-0.1, -0.05) is 6.42 Å². The van der Waals surface area contributed by atoms with Crippen LogP contribution < -0.4 is 11.1 Å². The van der Waals surface area contributed by atoms with Crippen LogP contribution >= 0.6 is 0 Å². The zero-order chi connectivity index (χ0) is 18.0. The van der Waals surface area contributed by atoms with Crippen molar-refractivity contribution in [2.45, 2.75) is 30.1 Å². The van der Waals surface area contributed by atoms with E-state index in [9.17, 15) is 22.0 Å². The molecule has 3 N–H and O–H groups in total. The van der Waals surface area contributed by atoms with Crippen LogP contribution in [0.4, 0.5) is 8.78 Å². The van der Waals surface area contributed by atoms with E-state index in [1.54, 1.807) is 0 Å². The Kier molecular flexibility index (Phi) is 5.61. The summed E-state index contributed by atoms with van der Waals surface area (Å²) in [6.07, 6.45) is 3.91. The van der Waals surface area contributed by atoms with Crippen LogP contribution in [0.2, 0.25) is 0 Å². The molecule has 1 saturated heterocycles. The number of nitrogens with one attached hydrogen (secondary N) is 1. The molecule has 136 valence electrons. The molecule has 0 saturated carbocycles. The number of nitrogens with two attached hydrogens (primary N) is 1. The van der Waals surface area contributed by atoms with E-state index in [1.165, 1.54) is 28.2 Å². The van der Waals surface area contributed by atoms with E-state index in [4.69, 9.17) is 5.73 Å². The van der Waals surface area contributed by atoms with Crippen molar-refractivity contribution in [3.05, 3.63) is 18.0 Å². The maximum Gasteiger partial charge on any atom is 0.277 e. The van der Waals surface area contributed by atoms with Crippen LogP contribution in [0.3, 0.4) is 0 Å². The van der Waals surface area contributed by atoms with Gasteiger partial charge in [0.1, 0.15) is 10.6 Å². The number of aromatic nitrogens is 1. The highest BCUT2D eigenvalue weighted by Gasteiger charge is 2.30. The highest BCUT2D eigenvalue weighted by molar-refractivity contribution is 7.89. The number of aryl methyl sites for hydroxylation is 1. The van der Waals surface area contributed by atoms with E-state index in [1.807, 2.05) is 0 Å². The van der Waals surface area contributed by atoms with Crippen LogP contribution in [0.15, 0.2) is 17.2 Å². The molecule has 1 aliphatic heterocycles. The largest absolute Gasteiger partial charge is 0.345 e. The van der Waals surface area contributed by atoms with Crippen LogP contribution in [0.5, 0.6) is 0 Å². The van der Waals surface area contributed by atoms with Crippen molar-refractivity contribution in [2.75, 3.05) is 26.2 Å². The molecular formula is C14H22F2N4O3S. The first-order valence-electron chi connectivity index (χ1n) is 7.70. The number of hydrogen-bond acceptors (Lipinski definition) is 4. The van der Waals surface area contributed by atoms with Crippen LogP contribution in [0.25, 0.3) is 0 Å². The predicted molar refractivity (Wildman–Crippen MR) is 84.4 cm³/mol. The third-order valence-corrected chi connectivity index (χ3v) is 5.84. The molecule has 1 fully saturated rings. The van der Waals surface area contributed by atoms with Crippen molar-refractivity contribution < 1.29 is 22.0 Å². The third kappa shape index (κ3) is 4.11. The third-order valence-electron chi connectivity index (χ3n) is 3.97. The Bertz CT molecular complexity index is 697. The zero-order valence-corrected chi connectivity index (χ0v) is 14.3. The van der Waals surface area contributed by atoms with Crippen molar-refractivity contribution in [1.29, 1.82) is 0 Å². The summed E-state index contributed by atoms with van der Waals surface area (Å²) in [6.45, 7) is -0.889. The smallest absolute Gasteiger partial charge is 0.277 e. The van der Waals surface area contributed by atoms with Gasteiger partial charge in [-0.3, -0.25) is 4.79 Å². The van der Waals surface area contributed by atoms with Gasteiger partial charge in [0.05, 0.1) is 13.1 Å². The highest BCUT2D eigenvalue weighted by Crippen LogP contribution is 2.22. The van der Waals surface area contributed by atoms with Crippen molar-refractivity contribution in [1.82, 2.24) is 14.2 Å². The number of alkyl halides is 2. The number of amides is 1. The van der Waals surface area contributed by atoms with Gasteiger partial charge >= 0.3 is 0 Å². The fourth-order valence-electron chi connectivity index (χ4n) is 2.53. The summed E-state index contributed by atoms with van der Waals surface area (Å²) in [7, 11) is -2.19. The second-order valence-corrected chi connectivity index (χ2v) is 7.82. The molecule has 0 radical (unpaired) electrons. The average Bonchev–Trinajstić information content (AvgIpc) is 2.96. The van der Waals surface area contributed by atoms with Gasteiger partial charge < -0.3 is 15.6 Å². The molecule has 0 unspecified atom stereocenters. The van der Waals surface area contributed by atoms with E-state index in [-0.39, 0.29) is 10.6 Å². The molecule has 2 rings (SSSR count). The Labute approximate surface area is 139 Å². The average molecular weight is 364 g/mol. The van der Waals surface area contributed by atoms with Crippen LogP contribution in [0, 0.1) is 0 Å². The van der Waals surface area contributed by atoms with E-state index < -0.39 is 34.9 Å². The van der Waals surface area contributed by atoms with Gasteiger partial charge in [0.25, 0.3) is 11.8 Å². The molecule has 0 atom stereocenters. The Morgan fingerprint density at radius 3 is 2.54 bits per heavy atom. The van der Waals surface area contributed by atoms with Gasteiger partial charge in [-0.15, -0.1) is 0 Å². The lowest BCUT2D eigenvalue weighted by molar-refractivity contribution is 0.0117. The Balaban J connectivity index is 2.16. The Hall–Kier alpha value is -1.52. The Morgan fingerprint density at radius 2 is 1.96 bits per heavy atom. The monoisotopic (exact) mass is 364 g/mol. The van der Waals surface area contributed by atoms with Crippen molar-refractivity contribution in [2.24, 2.45) is 12.8 Å². The quantitative estimate of drug-likeness (QED) is 0.769. The van der Waals surface area contributed by atoms with Crippen molar-refractivity contribution >= 4 is 15.9 Å². The van der Waals surface area contributed by atoms with Gasteiger partial charge in [-0.2, -0.15) is 4.31 Å². The number of halogens is 2.